The maximum atomic E-state index is 15.2. The molecule has 2 aromatic rings. The fraction of sp³-hybridized carbons (Fsp3) is 0.643. The van der Waals surface area contributed by atoms with Crippen molar-refractivity contribution in [3.63, 3.8) is 0 Å². The average Bonchev–Trinajstić information content (AvgIpc) is 3.43. The zero-order chi connectivity index (χ0) is 30.0. The summed E-state index contributed by atoms with van der Waals surface area (Å²) in [6.07, 6.45) is -4.22. The van der Waals surface area contributed by atoms with Crippen LogP contribution in [0.1, 0.15) is 67.5 Å². The van der Waals surface area contributed by atoms with Crippen molar-refractivity contribution >= 4 is 23.1 Å². The molecule has 5 heterocycles. The molecule has 0 amide bonds. The lowest BCUT2D eigenvalue weighted by Crippen LogP contribution is -2.47. The van der Waals surface area contributed by atoms with Gasteiger partial charge >= 0.3 is 12.2 Å². The molecular formula is C28H33ClF5N5O3. The van der Waals surface area contributed by atoms with Gasteiger partial charge in [0.2, 0.25) is 0 Å². The van der Waals surface area contributed by atoms with Gasteiger partial charge in [-0.05, 0) is 45.2 Å². The van der Waals surface area contributed by atoms with Gasteiger partial charge in [-0.3, -0.25) is 4.90 Å². The van der Waals surface area contributed by atoms with Crippen LogP contribution in [0.25, 0.3) is 0 Å². The highest BCUT2D eigenvalue weighted by Gasteiger charge is 2.49. The summed E-state index contributed by atoms with van der Waals surface area (Å²) in [4.78, 5) is 13.2. The Morgan fingerprint density at radius 1 is 1.24 bits per heavy atom. The van der Waals surface area contributed by atoms with Crippen molar-refractivity contribution in [2.24, 2.45) is 0 Å². The predicted octanol–water partition coefficient (Wildman–Crippen LogP) is 4.99. The van der Waals surface area contributed by atoms with Gasteiger partial charge in [-0.15, -0.1) is 0 Å². The van der Waals surface area contributed by atoms with Gasteiger partial charge in [-0.2, -0.15) is 23.1 Å². The molecule has 6 rings (SSSR count). The zero-order valence-electron chi connectivity index (χ0n) is 23.1. The molecule has 42 heavy (non-hydrogen) atoms. The zero-order valence-corrected chi connectivity index (χ0v) is 23.9. The molecule has 3 saturated heterocycles. The van der Waals surface area contributed by atoms with Crippen molar-refractivity contribution < 1.29 is 36.5 Å². The Kier molecular flexibility index (Phi) is 7.47. The first-order chi connectivity index (χ1) is 19.8. The van der Waals surface area contributed by atoms with Gasteiger partial charge in [0.15, 0.2) is 5.82 Å². The second-order valence-electron chi connectivity index (χ2n) is 12.2. The van der Waals surface area contributed by atoms with E-state index in [0.29, 0.717) is 49.4 Å². The van der Waals surface area contributed by atoms with Gasteiger partial charge in [-0.25, -0.2) is 8.78 Å². The number of rotatable bonds is 5. The van der Waals surface area contributed by atoms with E-state index in [0.717, 1.165) is 25.5 Å². The molecule has 4 aliphatic rings. The van der Waals surface area contributed by atoms with Crippen molar-refractivity contribution in [1.82, 2.24) is 14.9 Å². The molecule has 0 saturated carbocycles. The number of fused-ring (bicyclic) bond motifs is 2. The fourth-order valence-corrected chi connectivity index (χ4v) is 7.37. The summed E-state index contributed by atoms with van der Waals surface area (Å²) in [6.45, 7) is 3.62. The second-order valence-corrected chi connectivity index (χ2v) is 12.6. The molecule has 0 aliphatic carbocycles. The number of anilines is 2. The largest absolute Gasteiger partial charge is 0.461 e. The number of alkyl halides is 4. The topological polar surface area (TPSA) is 97.0 Å². The quantitative estimate of drug-likeness (QED) is 0.358. The number of halogens is 6. The van der Waals surface area contributed by atoms with Crippen molar-refractivity contribution in [3.8, 4) is 6.01 Å². The van der Waals surface area contributed by atoms with Crippen LogP contribution >= 0.6 is 11.6 Å². The Bertz CT molecular complexity index is 1380. The van der Waals surface area contributed by atoms with Crippen LogP contribution < -0.4 is 15.4 Å². The highest BCUT2D eigenvalue weighted by molar-refractivity contribution is 6.31. The normalized spacial score (nSPS) is 30.0. The van der Waals surface area contributed by atoms with Crippen LogP contribution in [-0.2, 0) is 23.9 Å². The first-order valence-corrected chi connectivity index (χ1v) is 14.5. The van der Waals surface area contributed by atoms with E-state index in [9.17, 15) is 22.7 Å². The standard InChI is InChI=1S/C28H33ClF5N5O3/c1-26(40)4-2-6-38(13-26)24-16-12-41-20(21-22(28(32,33)34)17(29)8-18(35)23(21)31)9-19(16)36-25(37-24)42-14-27-5-3-7-39(27)11-15(30)10-27/h8,15,20,40H,2-7,9-14,35H2,1H3/t15-,20?,26?,27+/m1/s1. The van der Waals surface area contributed by atoms with Gasteiger partial charge in [0.25, 0.3) is 0 Å². The number of hydrogen-bond acceptors (Lipinski definition) is 8. The third-order valence-electron chi connectivity index (χ3n) is 8.95. The summed E-state index contributed by atoms with van der Waals surface area (Å²) in [6, 6.07) is 0.728. The Balaban J connectivity index is 1.38. The number of ether oxygens (including phenoxy) is 2. The summed E-state index contributed by atoms with van der Waals surface area (Å²) in [7, 11) is 0. The molecule has 4 atom stereocenters. The number of hydrogen-bond donors (Lipinski definition) is 2. The minimum Gasteiger partial charge on any atom is -0.461 e. The SMILES string of the molecule is CC1(O)CCCN(c2nc(OC[C@@]34CCCN3C[C@H](F)C4)nc3c2COC(c2c(F)c(N)cc(Cl)c2C(F)(F)F)C3)C1. The first-order valence-electron chi connectivity index (χ1n) is 14.1. The van der Waals surface area contributed by atoms with Crippen molar-refractivity contribution in [3.05, 3.63) is 39.3 Å². The van der Waals surface area contributed by atoms with E-state index in [1.807, 2.05) is 4.90 Å². The molecule has 3 N–H and O–H groups in total. The lowest BCUT2D eigenvalue weighted by atomic mass is 9.92. The predicted molar refractivity (Wildman–Crippen MR) is 145 cm³/mol. The van der Waals surface area contributed by atoms with Crippen molar-refractivity contribution in [2.75, 3.05) is 43.4 Å². The second kappa shape index (κ2) is 10.6. The van der Waals surface area contributed by atoms with E-state index < -0.39 is 57.2 Å². The molecule has 0 bridgehead atoms. The number of aliphatic hydroxyl groups is 1. The van der Waals surface area contributed by atoms with Crippen LogP contribution in [0, 0.1) is 5.82 Å². The molecule has 8 nitrogen and oxygen atoms in total. The van der Waals surface area contributed by atoms with E-state index in [2.05, 4.69) is 14.9 Å². The molecule has 1 aromatic carbocycles. The Morgan fingerprint density at radius 2 is 2.00 bits per heavy atom. The van der Waals surface area contributed by atoms with Gasteiger partial charge in [0, 0.05) is 43.6 Å². The molecule has 0 radical (unpaired) electrons. The van der Waals surface area contributed by atoms with Gasteiger partial charge in [0.05, 0.1) is 45.8 Å². The molecule has 0 spiro atoms. The highest BCUT2D eigenvalue weighted by atomic mass is 35.5. The first kappa shape index (κ1) is 29.6. The molecule has 230 valence electrons. The van der Waals surface area contributed by atoms with E-state index >= 15 is 4.39 Å². The summed E-state index contributed by atoms with van der Waals surface area (Å²) in [5, 5.41) is 10.0. The Hall–Kier alpha value is -2.48. The number of nitrogen functional groups attached to an aromatic ring is 1. The van der Waals surface area contributed by atoms with Crippen LogP contribution in [0.4, 0.5) is 33.5 Å². The maximum absolute atomic E-state index is 15.2. The number of aromatic nitrogens is 2. The lowest BCUT2D eigenvalue weighted by Gasteiger charge is -2.39. The monoisotopic (exact) mass is 617 g/mol. The van der Waals surface area contributed by atoms with Crippen LogP contribution in [0.15, 0.2) is 6.07 Å². The third-order valence-corrected chi connectivity index (χ3v) is 9.25. The molecule has 14 heteroatoms. The van der Waals surface area contributed by atoms with Crippen LogP contribution in [0.2, 0.25) is 5.02 Å². The number of β-amino-alcohol motifs (C(OH)–C–C–N with tert-alkyl or cyclic N) is 1. The van der Waals surface area contributed by atoms with Crippen LogP contribution in [-0.4, -0.2) is 70.1 Å². The average molecular weight is 618 g/mol. The maximum Gasteiger partial charge on any atom is 0.418 e. The van der Waals surface area contributed by atoms with Crippen LogP contribution in [0.5, 0.6) is 6.01 Å². The smallest absolute Gasteiger partial charge is 0.418 e. The fourth-order valence-electron chi connectivity index (χ4n) is 7.05. The van der Waals surface area contributed by atoms with Gasteiger partial charge in [0.1, 0.15) is 18.6 Å². The van der Waals surface area contributed by atoms with E-state index in [4.69, 9.17) is 26.8 Å². The molecule has 2 unspecified atom stereocenters. The third kappa shape index (κ3) is 5.37. The van der Waals surface area contributed by atoms with E-state index in [-0.39, 0.29) is 32.2 Å². The minimum atomic E-state index is -4.96. The Labute approximate surface area is 244 Å². The van der Waals surface area contributed by atoms with E-state index in [1.165, 1.54) is 0 Å². The number of nitrogens with zero attached hydrogens (tertiary/aromatic N) is 4. The minimum absolute atomic E-state index is 0.0136. The Morgan fingerprint density at radius 3 is 2.74 bits per heavy atom. The number of benzene rings is 1. The molecule has 3 fully saturated rings. The summed E-state index contributed by atoms with van der Waals surface area (Å²) >= 11 is 5.92. The van der Waals surface area contributed by atoms with E-state index in [1.54, 1.807) is 6.92 Å². The summed E-state index contributed by atoms with van der Waals surface area (Å²) in [5.74, 6) is -0.813. The number of piperidine rings is 1. The molecule has 1 aromatic heterocycles. The van der Waals surface area contributed by atoms with Crippen molar-refractivity contribution in [2.45, 2.75) is 81.6 Å². The summed E-state index contributed by atoms with van der Waals surface area (Å²) < 4.78 is 83.6. The van der Waals surface area contributed by atoms with Crippen LogP contribution in [0.3, 0.4) is 0 Å². The van der Waals surface area contributed by atoms with Crippen molar-refractivity contribution in [1.29, 1.82) is 0 Å². The number of nitrogens with two attached hydrogens (primary N) is 1. The summed E-state index contributed by atoms with van der Waals surface area (Å²) in [5.41, 5.74) is 2.42. The van der Waals surface area contributed by atoms with Gasteiger partial charge in [-0.1, -0.05) is 11.6 Å². The molecule has 4 aliphatic heterocycles. The highest BCUT2D eigenvalue weighted by Crippen LogP contribution is 2.46. The lowest BCUT2D eigenvalue weighted by molar-refractivity contribution is -0.140. The molecular weight excluding hydrogens is 585 g/mol. The van der Waals surface area contributed by atoms with Gasteiger partial charge < -0.3 is 25.2 Å².